The summed E-state index contributed by atoms with van der Waals surface area (Å²) in [6.45, 7) is -0.1000. The van der Waals surface area contributed by atoms with E-state index in [1.807, 2.05) is 42.6 Å². The first-order chi connectivity index (χ1) is 15.1. The molecule has 0 bridgehead atoms. The Balaban J connectivity index is 1.32. The molecule has 0 spiro atoms. The molecule has 1 atom stereocenters. The van der Waals surface area contributed by atoms with Crippen molar-refractivity contribution < 1.29 is 18.8 Å². The highest BCUT2D eigenvalue weighted by molar-refractivity contribution is 6.04. The zero-order valence-corrected chi connectivity index (χ0v) is 16.7. The van der Waals surface area contributed by atoms with Gasteiger partial charge < -0.3 is 19.6 Å². The molecule has 9 nitrogen and oxygen atoms in total. The number of nitrogens with zero attached hydrogens (tertiary/aromatic N) is 3. The van der Waals surface area contributed by atoms with Gasteiger partial charge in [-0.15, -0.1) is 0 Å². The molecule has 0 unspecified atom stereocenters. The summed E-state index contributed by atoms with van der Waals surface area (Å²) in [5.41, 5.74) is 2.61. The van der Waals surface area contributed by atoms with E-state index in [1.54, 1.807) is 19.2 Å². The number of methoxy groups -OCH3 is 1. The first-order valence-electron chi connectivity index (χ1n) is 9.77. The lowest BCUT2D eigenvalue weighted by Crippen LogP contribution is -2.32. The number of aromatic amines is 1. The van der Waals surface area contributed by atoms with Gasteiger partial charge in [-0.05, 0) is 23.8 Å². The minimum atomic E-state index is -0.650. The number of H-pyrrole nitrogens is 1. The van der Waals surface area contributed by atoms with Crippen LogP contribution in [-0.4, -0.2) is 45.1 Å². The third-order valence-electron chi connectivity index (χ3n) is 5.32. The smallest absolute Gasteiger partial charge is 0.325 e. The molecule has 156 valence electrons. The molecule has 0 saturated carbocycles. The Morgan fingerprint density at radius 3 is 2.81 bits per heavy atom. The number of aromatic nitrogens is 3. The first kappa shape index (κ1) is 18.9. The number of carbonyl (C=O) groups is 2. The monoisotopic (exact) mass is 417 g/mol. The second-order valence-corrected chi connectivity index (χ2v) is 7.20. The summed E-state index contributed by atoms with van der Waals surface area (Å²) in [6, 6.07) is 14.0. The van der Waals surface area contributed by atoms with Crippen molar-refractivity contribution in [1.82, 2.24) is 25.3 Å². The van der Waals surface area contributed by atoms with Gasteiger partial charge in [-0.25, -0.2) is 4.79 Å². The second kappa shape index (κ2) is 7.60. The molecule has 3 heterocycles. The number of para-hydroxylation sites is 2. The molecule has 4 aromatic rings. The number of urea groups is 1. The quantitative estimate of drug-likeness (QED) is 0.467. The van der Waals surface area contributed by atoms with Crippen LogP contribution >= 0.6 is 0 Å². The Labute approximate surface area is 177 Å². The molecule has 2 aromatic heterocycles. The van der Waals surface area contributed by atoms with Crippen molar-refractivity contribution in [3.05, 3.63) is 66.2 Å². The summed E-state index contributed by atoms with van der Waals surface area (Å²) in [7, 11) is 1.56. The van der Waals surface area contributed by atoms with Crippen molar-refractivity contribution in [3.63, 3.8) is 0 Å². The topological polar surface area (TPSA) is 113 Å². The molecular weight excluding hydrogens is 398 g/mol. The predicted molar refractivity (Wildman–Crippen MR) is 111 cm³/mol. The van der Waals surface area contributed by atoms with Gasteiger partial charge in [0.15, 0.2) is 0 Å². The highest BCUT2D eigenvalue weighted by Gasteiger charge is 2.39. The maximum atomic E-state index is 12.9. The Bertz CT molecular complexity index is 1280. The SMILES string of the molecule is COc1ccccc1-c1noc(CN2C(=O)N[C@@H](Cc3c[nH]c4ccccc34)C2=O)n1. The van der Waals surface area contributed by atoms with Crippen molar-refractivity contribution in [2.24, 2.45) is 0 Å². The number of nitrogens with one attached hydrogen (secondary N) is 2. The Morgan fingerprint density at radius 1 is 1.13 bits per heavy atom. The summed E-state index contributed by atoms with van der Waals surface area (Å²) in [5, 5.41) is 7.74. The van der Waals surface area contributed by atoms with Crippen molar-refractivity contribution >= 4 is 22.8 Å². The molecule has 1 saturated heterocycles. The number of ether oxygens (including phenoxy) is 1. The number of hydrogen-bond acceptors (Lipinski definition) is 6. The van der Waals surface area contributed by atoms with Crippen LogP contribution in [0.15, 0.2) is 59.3 Å². The predicted octanol–water partition coefficient (Wildman–Crippen LogP) is 2.89. The molecule has 5 rings (SSSR count). The van der Waals surface area contributed by atoms with Crippen molar-refractivity contribution in [2.45, 2.75) is 19.0 Å². The van der Waals surface area contributed by atoms with E-state index in [2.05, 4.69) is 20.4 Å². The number of hydrogen-bond donors (Lipinski definition) is 2. The zero-order valence-electron chi connectivity index (χ0n) is 16.7. The van der Waals surface area contributed by atoms with Crippen LogP contribution in [0.1, 0.15) is 11.5 Å². The normalized spacial score (nSPS) is 16.2. The number of carbonyl (C=O) groups excluding carboxylic acids is 2. The maximum absolute atomic E-state index is 12.9. The van der Waals surface area contributed by atoms with E-state index in [0.717, 1.165) is 21.4 Å². The van der Waals surface area contributed by atoms with E-state index in [0.29, 0.717) is 23.6 Å². The van der Waals surface area contributed by atoms with Crippen molar-refractivity contribution in [3.8, 4) is 17.1 Å². The number of fused-ring (bicyclic) bond motifs is 1. The van der Waals surface area contributed by atoms with E-state index < -0.39 is 12.1 Å². The molecular formula is C22H19N5O4. The summed E-state index contributed by atoms with van der Waals surface area (Å²) in [4.78, 5) is 33.9. The molecule has 0 aliphatic carbocycles. The number of amides is 3. The van der Waals surface area contributed by atoms with E-state index in [9.17, 15) is 9.59 Å². The van der Waals surface area contributed by atoms with Gasteiger partial charge in [0, 0.05) is 23.5 Å². The largest absolute Gasteiger partial charge is 0.496 e. The fourth-order valence-corrected chi connectivity index (χ4v) is 3.78. The zero-order chi connectivity index (χ0) is 21.4. The lowest BCUT2D eigenvalue weighted by molar-refractivity contribution is -0.128. The molecule has 2 aromatic carbocycles. The Morgan fingerprint density at radius 2 is 1.94 bits per heavy atom. The van der Waals surface area contributed by atoms with Crippen LogP contribution < -0.4 is 10.1 Å². The van der Waals surface area contributed by atoms with Crippen LogP contribution in [0.4, 0.5) is 4.79 Å². The lowest BCUT2D eigenvalue weighted by Gasteiger charge is -2.10. The highest BCUT2D eigenvalue weighted by atomic mass is 16.5. The summed E-state index contributed by atoms with van der Waals surface area (Å²) < 4.78 is 10.6. The highest BCUT2D eigenvalue weighted by Crippen LogP contribution is 2.27. The van der Waals surface area contributed by atoms with Crippen molar-refractivity contribution in [1.29, 1.82) is 0 Å². The third-order valence-corrected chi connectivity index (χ3v) is 5.32. The van der Waals surface area contributed by atoms with Crippen LogP contribution in [0.25, 0.3) is 22.3 Å². The van der Waals surface area contributed by atoms with E-state index in [4.69, 9.17) is 9.26 Å². The van der Waals surface area contributed by atoms with Gasteiger partial charge in [0.05, 0.1) is 12.7 Å². The molecule has 0 radical (unpaired) electrons. The van der Waals surface area contributed by atoms with E-state index in [1.165, 1.54) is 0 Å². The molecule has 1 aliphatic rings. The van der Waals surface area contributed by atoms with Gasteiger partial charge >= 0.3 is 6.03 Å². The summed E-state index contributed by atoms with van der Waals surface area (Å²) in [6.07, 6.45) is 2.26. The van der Waals surface area contributed by atoms with Crippen LogP contribution in [0, 0.1) is 0 Å². The maximum Gasteiger partial charge on any atom is 0.325 e. The fourth-order valence-electron chi connectivity index (χ4n) is 3.78. The molecule has 9 heteroatoms. The summed E-state index contributed by atoms with van der Waals surface area (Å²) >= 11 is 0. The van der Waals surface area contributed by atoms with Gasteiger partial charge in [0.2, 0.25) is 11.7 Å². The number of imide groups is 1. The molecule has 3 amide bonds. The second-order valence-electron chi connectivity index (χ2n) is 7.20. The number of rotatable bonds is 6. The Hall–Kier alpha value is -4.14. The summed E-state index contributed by atoms with van der Waals surface area (Å²) in [5.74, 6) is 0.767. The van der Waals surface area contributed by atoms with E-state index in [-0.39, 0.29) is 18.3 Å². The minimum absolute atomic E-state index is 0.1000. The Kier molecular flexibility index (Phi) is 4.62. The van der Waals surface area contributed by atoms with Crippen molar-refractivity contribution in [2.75, 3.05) is 7.11 Å². The van der Waals surface area contributed by atoms with Gasteiger partial charge in [-0.3, -0.25) is 9.69 Å². The van der Waals surface area contributed by atoms with Gasteiger partial charge in [0.1, 0.15) is 18.3 Å². The molecule has 1 fully saturated rings. The standard InChI is InChI=1S/C22H19N5O4/c1-30-18-9-5-3-7-15(18)20-25-19(31-26-20)12-27-21(28)17(24-22(27)29)10-13-11-23-16-8-4-2-6-14(13)16/h2-9,11,17,23H,10,12H2,1H3,(H,24,29)/t17-/m0/s1. The fraction of sp³-hybridized carbons (Fsp3) is 0.182. The van der Waals surface area contributed by atoms with Crippen LogP contribution in [-0.2, 0) is 17.8 Å². The van der Waals surface area contributed by atoms with Crippen LogP contribution in [0.3, 0.4) is 0 Å². The van der Waals surface area contributed by atoms with Crippen LogP contribution in [0.5, 0.6) is 5.75 Å². The number of benzene rings is 2. The molecule has 31 heavy (non-hydrogen) atoms. The first-order valence-corrected chi connectivity index (χ1v) is 9.77. The average Bonchev–Trinajstić information content (AvgIpc) is 3.49. The molecule has 2 N–H and O–H groups in total. The molecule has 1 aliphatic heterocycles. The van der Waals surface area contributed by atoms with E-state index >= 15 is 0 Å². The lowest BCUT2D eigenvalue weighted by atomic mass is 10.1. The third kappa shape index (κ3) is 3.39. The average molecular weight is 417 g/mol. The van der Waals surface area contributed by atoms with Gasteiger partial charge in [-0.1, -0.05) is 35.5 Å². The van der Waals surface area contributed by atoms with Gasteiger partial charge in [-0.2, -0.15) is 4.98 Å². The van der Waals surface area contributed by atoms with Crippen LogP contribution in [0.2, 0.25) is 0 Å². The minimum Gasteiger partial charge on any atom is -0.496 e. The van der Waals surface area contributed by atoms with Gasteiger partial charge in [0.25, 0.3) is 5.91 Å².